The minimum absolute atomic E-state index is 0.0679. The molecule has 1 fully saturated rings. The Hall–Kier alpha value is -3.71. The molecule has 0 saturated carbocycles. The van der Waals surface area contributed by atoms with E-state index in [9.17, 15) is 10.1 Å². The Morgan fingerprint density at radius 3 is 2.62 bits per heavy atom. The molecule has 4 aromatic heterocycles. The van der Waals surface area contributed by atoms with Crippen molar-refractivity contribution in [2.24, 2.45) is 7.05 Å². The summed E-state index contributed by atoms with van der Waals surface area (Å²) in [5.74, 6) is 0. The molecule has 0 bridgehead atoms. The molecule has 1 aliphatic rings. The third-order valence-electron chi connectivity index (χ3n) is 8.06. The zero-order valence-corrected chi connectivity index (χ0v) is 22.5. The SMILES string of the molecule is CC[C@H]1CN(C(C)c2ccn3nc(C)c(C)c3n2)[C@H](CC)CN1c1cc(=O)n(C)c2cn(CC#N)nc12. The van der Waals surface area contributed by atoms with Gasteiger partial charge in [0.15, 0.2) is 5.65 Å². The number of fused-ring (bicyclic) bond motifs is 2. The first kappa shape index (κ1) is 25.0. The van der Waals surface area contributed by atoms with Crippen LogP contribution in [0.3, 0.4) is 0 Å². The van der Waals surface area contributed by atoms with Crippen molar-refractivity contribution in [2.45, 2.75) is 72.1 Å². The Balaban J connectivity index is 1.51. The highest BCUT2D eigenvalue weighted by atomic mass is 16.1. The van der Waals surface area contributed by atoms with E-state index in [1.165, 1.54) is 0 Å². The molecule has 4 aromatic rings. The predicted molar refractivity (Wildman–Crippen MR) is 144 cm³/mol. The lowest BCUT2D eigenvalue weighted by atomic mass is 9.98. The van der Waals surface area contributed by atoms with Gasteiger partial charge in [-0.2, -0.15) is 15.5 Å². The van der Waals surface area contributed by atoms with E-state index >= 15 is 0 Å². The van der Waals surface area contributed by atoms with Crippen molar-refractivity contribution in [3.8, 4) is 6.07 Å². The van der Waals surface area contributed by atoms with Gasteiger partial charge in [-0.25, -0.2) is 9.50 Å². The van der Waals surface area contributed by atoms with Crippen LogP contribution in [0.4, 0.5) is 5.69 Å². The molecule has 0 spiro atoms. The summed E-state index contributed by atoms with van der Waals surface area (Å²) in [5.41, 5.74) is 6.38. The van der Waals surface area contributed by atoms with E-state index in [2.05, 4.69) is 54.7 Å². The fraction of sp³-hybridized carbons (Fsp3) is 0.519. The summed E-state index contributed by atoms with van der Waals surface area (Å²) in [4.78, 5) is 22.9. The maximum atomic E-state index is 12.9. The fourth-order valence-electron chi connectivity index (χ4n) is 5.63. The molecule has 194 valence electrons. The molecular weight excluding hydrogens is 466 g/mol. The van der Waals surface area contributed by atoms with Crippen LogP contribution in [0.5, 0.6) is 0 Å². The van der Waals surface area contributed by atoms with Gasteiger partial charge >= 0.3 is 0 Å². The number of hydrogen-bond donors (Lipinski definition) is 0. The number of aryl methyl sites for hydroxylation is 3. The minimum atomic E-state index is -0.0679. The van der Waals surface area contributed by atoms with Crippen LogP contribution < -0.4 is 10.5 Å². The van der Waals surface area contributed by atoms with E-state index < -0.39 is 0 Å². The number of aromatic nitrogens is 6. The smallest absolute Gasteiger partial charge is 0.252 e. The molecule has 1 aliphatic heterocycles. The second kappa shape index (κ2) is 9.63. The van der Waals surface area contributed by atoms with Crippen molar-refractivity contribution in [2.75, 3.05) is 18.0 Å². The molecule has 0 aliphatic carbocycles. The van der Waals surface area contributed by atoms with Gasteiger partial charge in [0.05, 0.1) is 34.9 Å². The molecule has 0 radical (unpaired) electrons. The molecule has 10 nitrogen and oxygen atoms in total. The van der Waals surface area contributed by atoms with Crippen molar-refractivity contribution in [1.29, 1.82) is 5.26 Å². The van der Waals surface area contributed by atoms with Gasteiger partial charge in [-0.05, 0) is 39.7 Å². The van der Waals surface area contributed by atoms with Crippen molar-refractivity contribution in [1.82, 2.24) is 33.8 Å². The number of nitrogens with zero attached hydrogens (tertiary/aromatic N) is 9. The second-order valence-electron chi connectivity index (χ2n) is 10.1. The Bertz CT molecular complexity index is 1560. The van der Waals surface area contributed by atoms with Crippen LogP contribution >= 0.6 is 0 Å². The van der Waals surface area contributed by atoms with Crippen LogP contribution in [0.15, 0.2) is 29.3 Å². The maximum absolute atomic E-state index is 12.9. The van der Waals surface area contributed by atoms with Crippen molar-refractivity contribution < 1.29 is 0 Å². The van der Waals surface area contributed by atoms with Crippen LogP contribution in [-0.4, -0.2) is 59.0 Å². The van der Waals surface area contributed by atoms with Crippen molar-refractivity contribution >= 4 is 22.4 Å². The summed E-state index contributed by atoms with van der Waals surface area (Å²) in [6, 6.07) is 6.57. The normalized spacial score (nSPS) is 19.5. The van der Waals surface area contributed by atoms with Gasteiger partial charge in [0.2, 0.25) is 0 Å². The number of pyridine rings is 1. The zero-order valence-electron chi connectivity index (χ0n) is 22.5. The van der Waals surface area contributed by atoms with E-state index in [0.29, 0.717) is 0 Å². The van der Waals surface area contributed by atoms with Gasteiger partial charge in [-0.3, -0.25) is 14.4 Å². The van der Waals surface area contributed by atoms with Crippen LogP contribution in [0, 0.1) is 25.2 Å². The molecular formula is C27H35N9O. The van der Waals surface area contributed by atoms with Gasteiger partial charge < -0.3 is 9.47 Å². The van der Waals surface area contributed by atoms with E-state index in [4.69, 9.17) is 10.1 Å². The molecule has 37 heavy (non-hydrogen) atoms. The topological polar surface area (TPSA) is 100 Å². The number of piperazine rings is 1. The average molecular weight is 502 g/mol. The summed E-state index contributed by atoms with van der Waals surface area (Å²) in [6.07, 6.45) is 5.71. The lowest BCUT2D eigenvalue weighted by Gasteiger charge is -2.49. The van der Waals surface area contributed by atoms with E-state index in [0.717, 1.165) is 65.3 Å². The largest absolute Gasteiger partial charge is 0.364 e. The highest BCUT2D eigenvalue weighted by Gasteiger charge is 2.36. The number of hydrogen-bond acceptors (Lipinski definition) is 7. The second-order valence-corrected chi connectivity index (χ2v) is 10.1. The van der Waals surface area contributed by atoms with E-state index in [1.807, 2.05) is 17.6 Å². The van der Waals surface area contributed by atoms with E-state index in [-0.39, 0.29) is 30.2 Å². The van der Waals surface area contributed by atoms with Crippen LogP contribution in [-0.2, 0) is 13.6 Å². The van der Waals surface area contributed by atoms with E-state index in [1.54, 1.807) is 28.6 Å². The summed E-state index contributed by atoms with van der Waals surface area (Å²) >= 11 is 0. The van der Waals surface area contributed by atoms with Crippen molar-refractivity contribution in [3.05, 3.63) is 51.8 Å². The first-order valence-corrected chi connectivity index (χ1v) is 13.1. The number of rotatable bonds is 6. The molecule has 3 atom stereocenters. The highest BCUT2D eigenvalue weighted by molar-refractivity contribution is 5.88. The summed E-state index contributed by atoms with van der Waals surface area (Å²) in [5, 5.41) is 18.4. The Morgan fingerprint density at radius 1 is 1.16 bits per heavy atom. The first-order valence-electron chi connectivity index (χ1n) is 13.1. The van der Waals surface area contributed by atoms with Crippen molar-refractivity contribution in [3.63, 3.8) is 0 Å². The minimum Gasteiger partial charge on any atom is -0.364 e. The van der Waals surface area contributed by atoms with Gasteiger partial charge in [0.1, 0.15) is 12.1 Å². The van der Waals surface area contributed by atoms with Gasteiger partial charge in [0, 0.05) is 56.1 Å². The lowest BCUT2D eigenvalue weighted by molar-refractivity contribution is 0.0992. The molecule has 1 saturated heterocycles. The zero-order chi connectivity index (χ0) is 26.4. The quantitative estimate of drug-likeness (QED) is 0.399. The maximum Gasteiger partial charge on any atom is 0.252 e. The third-order valence-corrected chi connectivity index (χ3v) is 8.06. The van der Waals surface area contributed by atoms with Gasteiger partial charge in [-0.1, -0.05) is 13.8 Å². The molecule has 10 heteroatoms. The molecule has 0 aromatic carbocycles. The Morgan fingerprint density at radius 2 is 1.92 bits per heavy atom. The predicted octanol–water partition coefficient (Wildman–Crippen LogP) is 3.36. The molecule has 5 rings (SSSR count). The van der Waals surface area contributed by atoms with Crippen LogP contribution in [0.1, 0.15) is 56.6 Å². The highest BCUT2D eigenvalue weighted by Crippen LogP contribution is 2.34. The van der Waals surface area contributed by atoms with Crippen LogP contribution in [0.2, 0.25) is 0 Å². The summed E-state index contributed by atoms with van der Waals surface area (Å²) in [6.45, 7) is 12.5. The van der Waals surface area contributed by atoms with Gasteiger partial charge in [0.25, 0.3) is 5.56 Å². The molecule has 0 N–H and O–H groups in total. The summed E-state index contributed by atoms with van der Waals surface area (Å²) in [7, 11) is 1.76. The summed E-state index contributed by atoms with van der Waals surface area (Å²) < 4.78 is 5.09. The standard InChI is InChI=1S/C27H35N9O/c1-7-20-15-35(23-13-25(37)32(6)24-16-33(12-10-28)31-26(23)24)21(8-2)14-34(20)19(5)22-9-11-36-27(29-22)17(3)18(4)30-36/h9,11,13,16,19-21H,7-8,12,14-15H2,1-6H3/t19?,20-,21+/m1/s1. The third kappa shape index (κ3) is 4.17. The van der Waals surface area contributed by atoms with Gasteiger partial charge in [-0.15, -0.1) is 0 Å². The first-order chi connectivity index (χ1) is 17.8. The van der Waals surface area contributed by atoms with Crippen LogP contribution in [0.25, 0.3) is 16.7 Å². The Kier molecular flexibility index (Phi) is 6.50. The molecule has 0 amide bonds. The number of nitriles is 1. The average Bonchev–Trinajstić information content (AvgIpc) is 3.45. The monoisotopic (exact) mass is 501 g/mol. The molecule has 5 heterocycles. The fourth-order valence-corrected chi connectivity index (χ4v) is 5.63. The number of anilines is 1. The lowest BCUT2D eigenvalue weighted by Crippen LogP contribution is -2.59. The Labute approximate surface area is 216 Å². The molecule has 1 unspecified atom stereocenters.